The molecule has 22 heavy (non-hydrogen) atoms. The van der Waals surface area contributed by atoms with Crippen molar-refractivity contribution >= 4 is 26.1 Å². The van der Waals surface area contributed by atoms with E-state index in [4.69, 9.17) is 4.74 Å². The second-order valence-corrected chi connectivity index (χ2v) is 8.38. The van der Waals surface area contributed by atoms with Crippen molar-refractivity contribution in [3.63, 3.8) is 0 Å². The summed E-state index contributed by atoms with van der Waals surface area (Å²) in [6.45, 7) is 2.17. The van der Waals surface area contributed by atoms with Crippen molar-refractivity contribution in [3.05, 3.63) is 16.9 Å². The van der Waals surface area contributed by atoms with E-state index < -0.39 is 10.2 Å². The summed E-state index contributed by atoms with van der Waals surface area (Å²) < 4.78 is 34.8. The summed E-state index contributed by atoms with van der Waals surface area (Å²) in [7, 11) is -3.36. The predicted molar refractivity (Wildman–Crippen MR) is 84.7 cm³/mol. The van der Waals surface area contributed by atoms with Crippen LogP contribution in [0.4, 0.5) is 0 Å². The Labute approximate surface area is 139 Å². The van der Waals surface area contributed by atoms with Gasteiger partial charge in [-0.2, -0.15) is 17.0 Å². The topological polar surface area (TPSA) is 75.6 Å². The zero-order chi connectivity index (χ0) is 15.6. The van der Waals surface area contributed by atoms with Crippen molar-refractivity contribution in [1.82, 2.24) is 18.6 Å². The fourth-order valence-corrected chi connectivity index (χ4v) is 4.77. The lowest BCUT2D eigenvalue weighted by Gasteiger charge is -2.33. The van der Waals surface area contributed by atoms with Crippen LogP contribution in [0.1, 0.15) is 25.7 Å². The molecule has 3 heterocycles. The zero-order valence-electron chi connectivity index (χ0n) is 12.2. The molecule has 1 aromatic rings. The first-order chi connectivity index (χ1) is 10.6. The number of halogens is 1. The van der Waals surface area contributed by atoms with Gasteiger partial charge in [-0.1, -0.05) is 0 Å². The van der Waals surface area contributed by atoms with Crippen molar-refractivity contribution in [2.75, 3.05) is 26.2 Å². The number of nitrogens with zero attached hydrogens (tertiary/aromatic N) is 4. The summed E-state index contributed by atoms with van der Waals surface area (Å²) >= 11 is 3.27. The Bertz CT molecular complexity index is 604. The van der Waals surface area contributed by atoms with Crippen LogP contribution in [0.2, 0.25) is 0 Å². The van der Waals surface area contributed by atoms with Crippen LogP contribution in [0, 0.1) is 0 Å². The molecule has 2 saturated heterocycles. The van der Waals surface area contributed by atoms with Crippen molar-refractivity contribution in [2.24, 2.45) is 0 Å². The maximum atomic E-state index is 12.6. The average molecular weight is 391 g/mol. The van der Waals surface area contributed by atoms with Crippen LogP contribution in [0.25, 0.3) is 0 Å². The van der Waals surface area contributed by atoms with E-state index in [0.717, 1.165) is 30.2 Å². The molecule has 0 bridgehead atoms. The maximum absolute atomic E-state index is 12.6. The molecule has 0 amide bonds. The Morgan fingerprint density at radius 2 is 1.73 bits per heavy atom. The fraction of sp³-hybridized carbons (Fsp3) is 0.692. The molecule has 9 heteroatoms. The highest BCUT2D eigenvalue weighted by Crippen LogP contribution is 2.22. The number of aromatic nitrogens is 2. The van der Waals surface area contributed by atoms with Gasteiger partial charge in [0.25, 0.3) is 10.2 Å². The molecule has 0 N–H and O–H groups in total. The fourth-order valence-electron chi connectivity index (χ4n) is 2.80. The van der Waals surface area contributed by atoms with Gasteiger partial charge in [-0.05, 0) is 41.6 Å². The summed E-state index contributed by atoms with van der Waals surface area (Å²) in [5.41, 5.74) is 0. The zero-order valence-corrected chi connectivity index (χ0v) is 14.6. The number of hydrogen-bond acceptors (Lipinski definition) is 5. The van der Waals surface area contributed by atoms with E-state index >= 15 is 0 Å². The molecule has 7 nitrogen and oxygen atoms in total. The Hall–Kier alpha value is -0.770. The molecule has 0 saturated carbocycles. The lowest BCUT2D eigenvalue weighted by atomic mass is 10.1. The summed E-state index contributed by atoms with van der Waals surface area (Å²) in [6.07, 6.45) is 6.51. The average Bonchev–Trinajstić information content (AvgIpc) is 3.05. The third kappa shape index (κ3) is 3.58. The molecule has 2 aliphatic heterocycles. The normalized spacial score (nSPS) is 24.5. The Balaban J connectivity index is 1.65. The third-order valence-corrected chi connectivity index (χ3v) is 6.34. The standard InChI is InChI=1S/C13H19BrN4O3S/c14-11-8-15-13(16-9-11)21-12-4-3-7-18(10-12)22(19,20)17-5-1-2-6-17/h8-9,12H,1-7,10H2/t12-/m1/s1. The first kappa shape index (κ1) is 16.1. The van der Waals surface area contributed by atoms with Crippen LogP contribution in [-0.4, -0.2) is 59.3 Å². The third-order valence-electron chi connectivity index (χ3n) is 3.93. The molecule has 0 aromatic carbocycles. The van der Waals surface area contributed by atoms with Crippen LogP contribution >= 0.6 is 15.9 Å². The van der Waals surface area contributed by atoms with Crippen LogP contribution in [0.5, 0.6) is 6.01 Å². The molecular weight excluding hydrogens is 372 g/mol. The van der Waals surface area contributed by atoms with Gasteiger partial charge >= 0.3 is 6.01 Å². The van der Waals surface area contributed by atoms with Crippen LogP contribution in [0.3, 0.4) is 0 Å². The van der Waals surface area contributed by atoms with Crippen LogP contribution in [0.15, 0.2) is 16.9 Å². The highest BCUT2D eigenvalue weighted by Gasteiger charge is 2.35. The quantitative estimate of drug-likeness (QED) is 0.776. The van der Waals surface area contributed by atoms with Gasteiger partial charge in [-0.25, -0.2) is 9.97 Å². The van der Waals surface area contributed by atoms with Crippen molar-refractivity contribution in [3.8, 4) is 6.01 Å². The second-order valence-electron chi connectivity index (χ2n) is 5.54. The SMILES string of the molecule is O=S(=O)(N1CCCC1)N1CCC[C@@H](Oc2ncc(Br)cn2)C1. The minimum atomic E-state index is -3.36. The summed E-state index contributed by atoms with van der Waals surface area (Å²) in [6, 6.07) is 0.286. The second kappa shape index (κ2) is 6.77. The molecule has 3 rings (SSSR count). The van der Waals surface area contributed by atoms with E-state index in [9.17, 15) is 8.42 Å². The number of ether oxygens (including phenoxy) is 1. The lowest BCUT2D eigenvalue weighted by Crippen LogP contribution is -2.49. The van der Waals surface area contributed by atoms with E-state index in [1.165, 1.54) is 4.31 Å². The van der Waals surface area contributed by atoms with Gasteiger partial charge in [0.15, 0.2) is 0 Å². The first-order valence-corrected chi connectivity index (χ1v) is 9.64. The van der Waals surface area contributed by atoms with Crippen LogP contribution in [-0.2, 0) is 10.2 Å². The van der Waals surface area contributed by atoms with Gasteiger partial charge in [0, 0.05) is 32.0 Å². The minimum absolute atomic E-state index is 0.202. The maximum Gasteiger partial charge on any atom is 0.316 e. The highest BCUT2D eigenvalue weighted by molar-refractivity contribution is 9.10. The van der Waals surface area contributed by atoms with Gasteiger partial charge in [0.05, 0.1) is 11.0 Å². The van der Waals surface area contributed by atoms with Gasteiger partial charge in [-0.15, -0.1) is 0 Å². The molecule has 0 spiro atoms. The molecule has 2 aliphatic rings. The van der Waals surface area contributed by atoms with E-state index in [1.807, 2.05) is 0 Å². The molecule has 0 radical (unpaired) electrons. The Morgan fingerprint density at radius 1 is 1.09 bits per heavy atom. The summed E-state index contributed by atoms with van der Waals surface area (Å²) in [5, 5.41) is 0. The van der Waals surface area contributed by atoms with E-state index in [2.05, 4.69) is 25.9 Å². The number of rotatable bonds is 4. The van der Waals surface area contributed by atoms with Gasteiger partial charge < -0.3 is 4.74 Å². The first-order valence-electron chi connectivity index (χ1n) is 7.45. The Morgan fingerprint density at radius 3 is 2.41 bits per heavy atom. The molecule has 0 aliphatic carbocycles. The van der Waals surface area contributed by atoms with Crippen LogP contribution < -0.4 is 4.74 Å². The number of hydrogen-bond donors (Lipinski definition) is 0. The van der Waals surface area contributed by atoms with E-state index in [-0.39, 0.29) is 12.1 Å². The molecule has 0 unspecified atom stereocenters. The number of piperidine rings is 1. The predicted octanol–water partition coefficient (Wildman–Crippen LogP) is 1.42. The van der Waals surface area contributed by atoms with E-state index in [0.29, 0.717) is 26.2 Å². The van der Waals surface area contributed by atoms with Gasteiger partial charge in [-0.3, -0.25) is 0 Å². The van der Waals surface area contributed by atoms with E-state index in [1.54, 1.807) is 16.7 Å². The summed E-state index contributed by atoms with van der Waals surface area (Å²) in [4.78, 5) is 8.16. The molecule has 1 atom stereocenters. The lowest BCUT2D eigenvalue weighted by molar-refractivity contribution is 0.116. The Kier molecular flexibility index (Phi) is 4.96. The van der Waals surface area contributed by atoms with Crippen molar-refractivity contribution in [2.45, 2.75) is 31.8 Å². The van der Waals surface area contributed by atoms with Gasteiger partial charge in [0.2, 0.25) is 0 Å². The molecule has 122 valence electrons. The highest BCUT2D eigenvalue weighted by atomic mass is 79.9. The van der Waals surface area contributed by atoms with Crippen molar-refractivity contribution < 1.29 is 13.2 Å². The van der Waals surface area contributed by atoms with Crippen molar-refractivity contribution in [1.29, 1.82) is 0 Å². The smallest absolute Gasteiger partial charge is 0.316 e. The minimum Gasteiger partial charge on any atom is -0.459 e. The van der Waals surface area contributed by atoms with Gasteiger partial charge in [0.1, 0.15) is 6.10 Å². The molecular formula is C13H19BrN4O3S. The monoisotopic (exact) mass is 390 g/mol. The largest absolute Gasteiger partial charge is 0.459 e. The molecule has 2 fully saturated rings. The molecule has 1 aromatic heterocycles. The summed E-state index contributed by atoms with van der Waals surface area (Å²) in [5.74, 6) is 0.